The topological polar surface area (TPSA) is 115 Å². The van der Waals surface area contributed by atoms with E-state index in [9.17, 15) is 9.59 Å². The Hall–Kier alpha value is -2.48. The Bertz CT molecular complexity index is 663. The molecule has 2 amide bonds. The van der Waals surface area contributed by atoms with Crippen LogP contribution in [0.3, 0.4) is 0 Å². The maximum absolute atomic E-state index is 11.6. The van der Waals surface area contributed by atoms with Crippen LogP contribution in [0.25, 0.3) is 11.0 Å². The van der Waals surface area contributed by atoms with Gasteiger partial charge in [-0.25, -0.2) is 4.98 Å². The summed E-state index contributed by atoms with van der Waals surface area (Å²) in [4.78, 5) is 26.8. The molecule has 0 spiro atoms. The van der Waals surface area contributed by atoms with Crippen molar-refractivity contribution in [3.05, 3.63) is 18.0 Å². The van der Waals surface area contributed by atoms with Crippen LogP contribution < -0.4 is 16.4 Å². The minimum Gasteiger partial charge on any atom is -0.346 e. The molecule has 106 valence electrons. The van der Waals surface area contributed by atoms with Crippen molar-refractivity contribution < 1.29 is 9.59 Å². The summed E-state index contributed by atoms with van der Waals surface area (Å²) in [6.45, 7) is 1.60. The molecule has 8 nitrogen and oxygen atoms in total. The van der Waals surface area contributed by atoms with Gasteiger partial charge in [0, 0.05) is 12.4 Å². The minimum atomic E-state index is -0.378. The summed E-state index contributed by atoms with van der Waals surface area (Å²) in [6, 6.07) is 1.80. The van der Waals surface area contributed by atoms with Gasteiger partial charge >= 0.3 is 0 Å². The Balaban J connectivity index is 2.08. The Morgan fingerprint density at radius 2 is 2.15 bits per heavy atom. The third-order valence-electron chi connectivity index (χ3n) is 2.78. The van der Waals surface area contributed by atoms with E-state index >= 15 is 0 Å². The predicted octanol–water partition coefficient (Wildman–Crippen LogP) is -0.710. The lowest BCUT2D eigenvalue weighted by Crippen LogP contribution is -2.36. The second-order valence-electron chi connectivity index (χ2n) is 4.33. The van der Waals surface area contributed by atoms with Crippen LogP contribution >= 0.6 is 0 Å². The Labute approximate surface area is 115 Å². The number of carbonyl (C=O) groups excluding carboxylic acids is 2. The zero-order valence-electron chi connectivity index (χ0n) is 11.3. The highest BCUT2D eigenvalue weighted by atomic mass is 16.2. The summed E-state index contributed by atoms with van der Waals surface area (Å²) in [7, 11) is 1.81. The fourth-order valence-corrected chi connectivity index (χ4v) is 1.83. The summed E-state index contributed by atoms with van der Waals surface area (Å²) in [5.41, 5.74) is 7.27. The summed E-state index contributed by atoms with van der Waals surface area (Å²) in [5.74, 6) is -0.716. The van der Waals surface area contributed by atoms with Gasteiger partial charge in [0.1, 0.15) is 0 Å². The van der Waals surface area contributed by atoms with Gasteiger partial charge in [-0.1, -0.05) is 0 Å². The molecule has 0 aromatic carbocycles. The normalized spacial score (nSPS) is 10.6. The maximum Gasteiger partial charge on any atom is 0.243 e. The third-order valence-corrected chi connectivity index (χ3v) is 2.78. The number of rotatable bonds is 4. The van der Waals surface area contributed by atoms with Crippen LogP contribution in [0.15, 0.2) is 12.3 Å². The number of aromatic nitrogens is 3. The van der Waals surface area contributed by atoms with E-state index < -0.39 is 0 Å². The van der Waals surface area contributed by atoms with E-state index in [0.717, 1.165) is 16.7 Å². The van der Waals surface area contributed by atoms with E-state index in [2.05, 4.69) is 20.7 Å². The van der Waals surface area contributed by atoms with Gasteiger partial charge in [0.05, 0.1) is 30.7 Å². The second-order valence-corrected chi connectivity index (χ2v) is 4.33. The standard InChI is InChI=1S/C12H16N6O2/c1-7-9-3-8(5-15-12(9)18(2)17-7)16-11(20)6-14-10(19)4-13/h3,5H,4,6,13H2,1-2H3,(H,14,19)(H,16,20). The second kappa shape index (κ2) is 5.66. The molecule has 20 heavy (non-hydrogen) atoms. The first-order chi connectivity index (χ1) is 9.51. The molecule has 8 heteroatoms. The van der Waals surface area contributed by atoms with E-state index in [1.807, 2.05) is 14.0 Å². The lowest BCUT2D eigenvalue weighted by molar-refractivity contribution is -0.123. The van der Waals surface area contributed by atoms with Gasteiger partial charge in [-0.15, -0.1) is 0 Å². The molecule has 2 heterocycles. The van der Waals surface area contributed by atoms with Crippen molar-refractivity contribution in [1.29, 1.82) is 0 Å². The van der Waals surface area contributed by atoms with Crippen molar-refractivity contribution >= 4 is 28.5 Å². The number of pyridine rings is 1. The van der Waals surface area contributed by atoms with Gasteiger partial charge in [0.2, 0.25) is 11.8 Å². The quantitative estimate of drug-likeness (QED) is 0.682. The molecule has 0 aliphatic carbocycles. The SMILES string of the molecule is Cc1nn(C)c2ncc(NC(=O)CNC(=O)CN)cc12. The molecule has 2 aromatic heterocycles. The highest BCUT2D eigenvalue weighted by Gasteiger charge is 2.09. The van der Waals surface area contributed by atoms with E-state index in [1.165, 1.54) is 0 Å². The number of carbonyl (C=O) groups is 2. The molecule has 0 bridgehead atoms. The highest BCUT2D eigenvalue weighted by Crippen LogP contribution is 2.18. The van der Waals surface area contributed by atoms with E-state index in [4.69, 9.17) is 5.73 Å². The highest BCUT2D eigenvalue weighted by molar-refractivity contribution is 5.96. The summed E-state index contributed by atoms with van der Waals surface area (Å²) < 4.78 is 1.68. The van der Waals surface area contributed by atoms with Gasteiger partial charge in [0.25, 0.3) is 0 Å². The summed E-state index contributed by atoms with van der Waals surface area (Å²) >= 11 is 0. The molecule has 0 fully saturated rings. The number of amides is 2. The van der Waals surface area contributed by atoms with Crippen molar-refractivity contribution in [1.82, 2.24) is 20.1 Å². The van der Waals surface area contributed by atoms with Crippen molar-refractivity contribution in [2.24, 2.45) is 12.8 Å². The first-order valence-corrected chi connectivity index (χ1v) is 6.07. The molecule has 0 aliphatic rings. The first kappa shape index (κ1) is 13.9. The molecule has 0 aliphatic heterocycles. The van der Waals surface area contributed by atoms with E-state index in [1.54, 1.807) is 16.9 Å². The monoisotopic (exact) mass is 276 g/mol. The average molecular weight is 276 g/mol. The molecular formula is C12H16N6O2. The third kappa shape index (κ3) is 2.91. The van der Waals surface area contributed by atoms with Crippen LogP contribution in [0.5, 0.6) is 0 Å². The number of hydrogen-bond donors (Lipinski definition) is 3. The number of nitrogens with two attached hydrogens (primary N) is 1. The molecular weight excluding hydrogens is 260 g/mol. The number of anilines is 1. The zero-order chi connectivity index (χ0) is 14.7. The van der Waals surface area contributed by atoms with Gasteiger partial charge < -0.3 is 16.4 Å². The molecule has 0 radical (unpaired) electrons. The average Bonchev–Trinajstić information content (AvgIpc) is 2.71. The van der Waals surface area contributed by atoms with Crippen molar-refractivity contribution in [3.63, 3.8) is 0 Å². The van der Waals surface area contributed by atoms with Crippen molar-refractivity contribution in [3.8, 4) is 0 Å². The zero-order valence-corrected chi connectivity index (χ0v) is 11.3. The predicted molar refractivity (Wildman–Crippen MR) is 73.9 cm³/mol. The fourth-order valence-electron chi connectivity index (χ4n) is 1.83. The minimum absolute atomic E-state index is 0.125. The first-order valence-electron chi connectivity index (χ1n) is 6.07. The van der Waals surface area contributed by atoms with Crippen LogP contribution in [0.4, 0.5) is 5.69 Å². The van der Waals surface area contributed by atoms with Gasteiger partial charge in [-0.3, -0.25) is 14.3 Å². The van der Waals surface area contributed by atoms with Gasteiger partial charge in [-0.05, 0) is 13.0 Å². The molecule has 0 saturated heterocycles. The number of nitrogens with one attached hydrogen (secondary N) is 2. The lowest BCUT2D eigenvalue weighted by atomic mass is 10.2. The number of aryl methyl sites for hydroxylation is 2. The molecule has 4 N–H and O–H groups in total. The smallest absolute Gasteiger partial charge is 0.243 e. The molecule has 0 saturated carbocycles. The molecule has 0 atom stereocenters. The van der Waals surface area contributed by atoms with Gasteiger partial charge in [0.15, 0.2) is 5.65 Å². The Morgan fingerprint density at radius 1 is 1.40 bits per heavy atom. The van der Waals surface area contributed by atoms with Crippen LogP contribution in [0.1, 0.15) is 5.69 Å². The molecule has 2 aromatic rings. The fraction of sp³-hybridized carbons (Fsp3) is 0.333. The summed E-state index contributed by atoms with van der Waals surface area (Å²) in [5, 5.41) is 10.2. The number of nitrogens with zero attached hydrogens (tertiary/aromatic N) is 3. The molecule has 0 unspecified atom stereocenters. The van der Waals surface area contributed by atoms with Gasteiger partial charge in [-0.2, -0.15) is 5.10 Å². The van der Waals surface area contributed by atoms with Crippen LogP contribution in [-0.4, -0.2) is 39.7 Å². The number of hydrogen-bond acceptors (Lipinski definition) is 5. The van der Waals surface area contributed by atoms with Crippen LogP contribution in [0.2, 0.25) is 0 Å². The van der Waals surface area contributed by atoms with Crippen LogP contribution in [-0.2, 0) is 16.6 Å². The van der Waals surface area contributed by atoms with Crippen molar-refractivity contribution in [2.45, 2.75) is 6.92 Å². The Morgan fingerprint density at radius 3 is 2.85 bits per heavy atom. The number of fused-ring (bicyclic) bond motifs is 1. The lowest BCUT2D eigenvalue weighted by Gasteiger charge is -2.06. The largest absolute Gasteiger partial charge is 0.346 e. The van der Waals surface area contributed by atoms with Crippen LogP contribution in [0, 0.1) is 6.92 Å². The molecule has 2 rings (SSSR count). The Kier molecular flexibility index (Phi) is 3.94. The van der Waals surface area contributed by atoms with E-state index in [0.29, 0.717) is 5.69 Å². The maximum atomic E-state index is 11.6. The summed E-state index contributed by atoms with van der Waals surface area (Å²) in [6.07, 6.45) is 1.55. The van der Waals surface area contributed by atoms with Crippen molar-refractivity contribution in [2.75, 3.05) is 18.4 Å². The van der Waals surface area contributed by atoms with E-state index in [-0.39, 0.29) is 24.9 Å².